The molecule has 126 valence electrons. The van der Waals surface area contributed by atoms with E-state index in [2.05, 4.69) is 51.1 Å². The molecule has 6 nitrogen and oxygen atoms in total. The summed E-state index contributed by atoms with van der Waals surface area (Å²) in [6, 6.07) is 0. The van der Waals surface area contributed by atoms with E-state index in [1.807, 2.05) is 17.8 Å². The molecule has 0 aliphatic heterocycles. The Hall–Kier alpha value is -1.89. The fourth-order valence-electron chi connectivity index (χ4n) is 2.19. The van der Waals surface area contributed by atoms with Crippen LogP contribution < -0.4 is 10.6 Å². The minimum absolute atomic E-state index is 0.782. The Labute approximate surface area is 142 Å². The van der Waals surface area contributed by atoms with Crippen molar-refractivity contribution in [2.75, 3.05) is 19.6 Å². The Bertz CT molecular complexity index is 616. The van der Waals surface area contributed by atoms with Crippen molar-refractivity contribution in [2.24, 2.45) is 4.99 Å². The van der Waals surface area contributed by atoms with E-state index in [1.54, 1.807) is 11.3 Å². The normalized spacial score (nSPS) is 11.7. The van der Waals surface area contributed by atoms with Crippen LogP contribution >= 0.6 is 11.3 Å². The largest absolute Gasteiger partial charge is 0.357 e. The van der Waals surface area contributed by atoms with Crippen LogP contribution in [0.15, 0.2) is 22.8 Å². The molecule has 0 fully saturated rings. The summed E-state index contributed by atoms with van der Waals surface area (Å²) in [6.45, 7) is 9.55. The second-order valence-electron chi connectivity index (χ2n) is 5.43. The average Bonchev–Trinajstić information content (AvgIpc) is 3.12. The summed E-state index contributed by atoms with van der Waals surface area (Å²) in [5.41, 5.74) is 2.34. The van der Waals surface area contributed by atoms with Crippen molar-refractivity contribution >= 4 is 17.3 Å². The maximum Gasteiger partial charge on any atom is 0.191 e. The maximum atomic E-state index is 4.61. The second-order valence-corrected chi connectivity index (χ2v) is 6.49. The highest BCUT2D eigenvalue weighted by atomic mass is 32.1. The Morgan fingerprint density at radius 2 is 2.22 bits per heavy atom. The van der Waals surface area contributed by atoms with Crippen LogP contribution in [0.4, 0.5) is 0 Å². The van der Waals surface area contributed by atoms with Crippen molar-refractivity contribution in [1.29, 1.82) is 0 Å². The van der Waals surface area contributed by atoms with Crippen molar-refractivity contribution in [3.63, 3.8) is 0 Å². The Morgan fingerprint density at radius 3 is 2.87 bits per heavy atom. The van der Waals surface area contributed by atoms with Gasteiger partial charge in [0.25, 0.3) is 0 Å². The van der Waals surface area contributed by atoms with E-state index in [9.17, 15) is 0 Å². The Morgan fingerprint density at radius 1 is 1.35 bits per heavy atom. The molecule has 0 unspecified atom stereocenters. The van der Waals surface area contributed by atoms with Crippen LogP contribution in [-0.4, -0.2) is 40.4 Å². The molecule has 0 atom stereocenters. The zero-order valence-corrected chi connectivity index (χ0v) is 15.0. The van der Waals surface area contributed by atoms with Gasteiger partial charge in [0.2, 0.25) is 0 Å². The molecule has 0 saturated heterocycles. The molecule has 0 aliphatic rings. The minimum atomic E-state index is 0.782. The summed E-state index contributed by atoms with van der Waals surface area (Å²) >= 11 is 1.70. The third-order valence-electron chi connectivity index (χ3n) is 3.26. The maximum absolute atomic E-state index is 4.61. The predicted molar refractivity (Wildman–Crippen MR) is 96.1 cm³/mol. The molecule has 0 spiro atoms. The SMILES string of the molecule is CCNC(=NCCCn1cc(C)cn1)NCCc1csc(C)n1. The number of nitrogens with zero attached hydrogens (tertiary/aromatic N) is 4. The summed E-state index contributed by atoms with van der Waals surface area (Å²) in [6.07, 6.45) is 5.84. The lowest BCUT2D eigenvalue weighted by Gasteiger charge is -2.10. The first kappa shape index (κ1) is 17.5. The predicted octanol–water partition coefficient (Wildman–Crippen LogP) is 2.14. The molecule has 0 bridgehead atoms. The molecule has 2 heterocycles. The minimum Gasteiger partial charge on any atom is -0.357 e. The Kier molecular flexibility index (Phi) is 7.06. The molecule has 23 heavy (non-hydrogen) atoms. The van der Waals surface area contributed by atoms with Gasteiger partial charge in [-0.2, -0.15) is 5.10 Å². The van der Waals surface area contributed by atoms with Crippen molar-refractivity contribution in [1.82, 2.24) is 25.4 Å². The molecule has 0 aliphatic carbocycles. The molecule has 2 aromatic heterocycles. The van der Waals surface area contributed by atoms with Gasteiger partial charge >= 0.3 is 0 Å². The molecule has 2 rings (SSSR count). The molecular formula is C16H26N6S. The molecule has 0 radical (unpaired) electrons. The van der Waals surface area contributed by atoms with Gasteiger partial charge < -0.3 is 10.6 Å². The fourth-order valence-corrected chi connectivity index (χ4v) is 2.83. The lowest BCUT2D eigenvalue weighted by Crippen LogP contribution is -2.38. The standard InChI is InChI=1S/C16H26N6S/c1-4-17-16(19-8-6-15-12-23-14(3)21-15)18-7-5-9-22-11-13(2)10-20-22/h10-12H,4-9H2,1-3H3,(H2,17,18,19). The van der Waals surface area contributed by atoms with Crippen molar-refractivity contribution in [2.45, 2.75) is 40.2 Å². The van der Waals surface area contributed by atoms with Crippen molar-refractivity contribution in [3.8, 4) is 0 Å². The molecule has 0 saturated carbocycles. The van der Waals surface area contributed by atoms with E-state index < -0.39 is 0 Å². The zero-order valence-electron chi connectivity index (χ0n) is 14.2. The monoisotopic (exact) mass is 334 g/mol. The second kappa shape index (κ2) is 9.29. The summed E-state index contributed by atoms with van der Waals surface area (Å²) in [4.78, 5) is 9.08. The van der Waals surface area contributed by atoms with Gasteiger partial charge in [0.1, 0.15) is 0 Å². The first-order valence-corrected chi connectivity index (χ1v) is 8.97. The van der Waals surface area contributed by atoms with Gasteiger partial charge in [-0.25, -0.2) is 4.98 Å². The number of guanidine groups is 1. The number of aliphatic imine (C=N–C) groups is 1. The van der Waals surface area contributed by atoms with Gasteiger partial charge in [0.05, 0.1) is 16.9 Å². The summed E-state index contributed by atoms with van der Waals surface area (Å²) < 4.78 is 1.97. The van der Waals surface area contributed by atoms with E-state index in [0.29, 0.717) is 0 Å². The third kappa shape index (κ3) is 6.40. The van der Waals surface area contributed by atoms with E-state index in [0.717, 1.165) is 55.7 Å². The van der Waals surface area contributed by atoms with Crippen LogP contribution in [0.25, 0.3) is 0 Å². The molecule has 0 aromatic carbocycles. The number of rotatable bonds is 8. The highest BCUT2D eigenvalue weighted by Crippen LogP contribution is 2.07. The Balaban J connectivity index is 1.70. The lowest BCUT2D eigenvalue weighted by molar-refractivity contribution is 0.583. The van der Waals surface area contributed by atoms with Crippen LogP contribution in [-0.2, 0) is 13.0 Å². The molecule has 2 aromatic rings. The van der Waals surface area contributed by atoms with Gasteiger partial charge in [-0.15, -0.1) is 11.3 Å². The third-order valence-corrected chi connectivity index (χ3v) is 4.08. The first-order chi connectivity index (χ1) is 11.2. The smallest absolute Gasteiger partial charge is 0.191 e. The van der Waals surface area contributed by atoms with Crippen LogP contribution in [0.2, 0.25) is 0 Å². The molecule has 2 N–H and O–H groups in total. The van der Waals surface area contributed by atoms with Crippen LogP contribution in [0.3, 0.4) is 0 Å². The number of aryl methyl sites for hydroxylation is 3. The summed E-state index contributed by atoms with van der Waals surface area (Å²) in [7, 11) is 0. The number of aromatic nitrogens is 3. The van der Waals surface area contributed by atoms with Gasteiger partial charge in [0, 0.05) is 44.2 Å². The van der Waals surface area contributed by atoms with Gasteiger partial charge in [-0.1, -0.05) is 0 Å². The fraction of sp³-hybridized carbons (Fsp3) is 0.562. The van der Waals surface area contributed by atoms with Crippen molar-refractivity contribution in [3.05, 3.63) is 34.0 Å². The lowest BCUT2D eigenvalue weighted by atomic mass is 10.3. The summed E-state index contributed by atoms with van der Waals surface area (Å²) in [5, 5.41) is 14.2. The zero-order chi connectivity index (χ0) is 16.5. The van der Waals surface area contributed by atoms with E-state index >= 15 is 0 Å². The van der Waals surface area contributed by atoms with Gasteiger partial charge in [-0.3, -0.25) is 9.67 Å². The number of hydrogen-bond donors (Lipinski definition) is 2. The number of thiazole rings is 1. The quantitative estimate of drug-likeness (QED) is 0.441. The number of nitrogens with one attached hydrogen (secondary N) is 2. The first-order valence-electron chi connectivity index (χ1n) is 8.09. The average molecular weight is 334 g/mol. The van der Waals surface area contributed by atoms with E-state index in [1.165, 1.54) is 5.56 Å². The highest BCUT2D eigenvalue weighted by Gasteiger charge is 2.00. The summed E-state index contributed by atoms with van der Waals surface area (Å²) in [5.74, 6) is 0.871. The molecule has 0 amide bonds. The van der Waals surface area contributed by atoms with Crippen LogP contribution in [0.1, 0.15) is 29.6 Å². The van der Waals surface area contributed by atoms with Crippen LogP contribution in [0.5, 0.6) is 0 Å². The molecular weight excluding hydrogens is 308 g/mol. The molecule has 7 heteroatoms. The van der Waals surface area contributed by atoms with E-state index in [-0.39, 0.29) is 0 Å². The van der Waals surface area contributed by atoms with Gasteiger partial charge in [0.15, 0.2) is 5.96 Å². The van der Waals surface area contributed by atoms with E-state index in [4.69, 9.17) is 0 Å². The van der Waals surface area contributed by atoms with Crippen LogP contribution in [0, 0.1) is 13.8 Å². The highest BCUT2D eigenvalue weighted by molar-refractivity contribution is 7.09. The number of hydrogen-bond acceptors (Lipinski definition) is 4. The van der Waals surface area contributed by atoms with Gasteiger partial charge in [-0.05, 0) is 32.8 Å². The van der Waals surface area contributed by atoms with Crippen molar-refractivity contribution < 1.29 is 0 Å². The topological polar surface area (TPSA) is 67.1 Å².